The number of aromatic nitrogens is 4. The summed E-state index contributed by atoms with van der Waals surface area (Å²) in [5, 5.41) is 19.0. The van der Waals surface area contributed by atoms with Crippen molar-refractivity contribution in [1.29, 1.82) is 0 Å². The Kier molecular flexibility index (Phi) is 5.93. The number of amides is 1. The van der Waals surface area contributed by atoms with E-state index in [1.807, 2.05) is 41.1 Å². The molecule has 32 heavy (non-hydrogen) atoms. The quantitative estimate of drug-likeness (QED) is 0.502. The number of carbonyl (C=O) groups excluding carboxylic acids is 1. The van der Waals surface area contributed by atoms with Crippen molar-refractivity contribution in [3.05, 3.63) is 54.0 Å². The molecule has 0 radical (unpaired) electrons. The molecule has 0 saturated heterocycles. The minimum absolute atomic E-state index is 0.110. The number of hydrazone groups is 1. The highest BCUT2D eigenvalue weighted by atomic mass is 32.2. The Bertz CT molecular complexity index is 1090. The molecule has 166 valence electrons. The number of hydrogen-bond donors (Lipinski definition) is 0. The van der Waals surface area contributed by atoms with E-state index >= 15 is 0 Å². The maximum Gasteiger partial charge on any atom is 0.253 e. The number of carbonyl (C=O) groups is 1. The van der Waals surface area contributed by atoms with Crippen LogP contribution in [0.15, 0.2) is 57.3 Å². The zero-order valence-electron chi connectivity index (χ0n) is 17.8. The smallest absolute Gasteiger partial charge is 0.253 e. The van der Waals surface area contributed by atoms with Crippen LogP contribution in [0.3, 0.4) is 0 Å². The van der Waals surface area contributed by atoms with Crippen molar-refractivity contribution in [2.24, 2.45) is 5.10 Å². The zero-order valence-corrected chi connectivity index (χ0v) is 18.6. The first-order valence-electron chi connectivity index (χ1n) is 10.7. The number of rotatable bonds is 7. The standard InChI is InChI=1S/C22H24N6O3S/c1-30-17-10-8-15(9-11-17)18-13-19(20-7-4-12-31-20)28(24-18)21(29)14-32-22-23-25-26-27(22)16-5-2-3-6-16/h4,7-12,16,19H,2-3,5-6,13-14H2,1H3. The molecule has 1 aliphatic heterocycles. The highest BCUT2D eigenvalue weighted by molar-refractivity contribution is 7.99. The molecule has 1 atom stereocenters. The van der Waals surface area contributed by atoms with E-state index in [0.29, 0.717) is 23.4 Å². The average molecular weight is 453 g/mol. The van der Waals surface area contributed by atoms with Crippen molar-refractivity contribution >= 4 is 23.4 Å². The summed E-state index contributed by atoms with van der Waals surface area (Å²) < 4.78 is 12.7. The SMILES string of the molecule is COc1ccc(C2=NN(C(=O)CSc3nnnn3C3CCCC3)C(c3ccco3)C2)cc1. The molecular weight excluding hydrogens is 428 g/mol. The first-order chi connectivity index (χ1) is 15.7. The molecule has 1 aliphatic carbocycles. The predicted molar refractivity (Wildman–Crippen MR) is 118 cm³/mol. The molecule has 5 rings (SSSR count). The van der Waals surface area contributed by atoms with Gasteiger partial charge >= 0.3 is 0 Å². The molecule has 9 nitrogen and oxygen atoms in total. The van der Waals surface area contributed by atoms with Crippen LogP contribution in [0.4, 0.5) is 0 Å². The Labute approximate surface area is 189 Å². The van der Waals surface area contributed by atoms with E-state index in [4.69, 9.17) is 9.15 Å². The fourth-order valence-electron chi connectivity index (χ4n) is 4.25. The van der Waals surface area contributed by atoms with Crippen LogP contribution in [0.5, 0.6) is 5.75 Å². The molecule has 2 aromatic heterocycles. The molecule has 1 fully saturated rings. The molecule has 1 saturated carbocycles. The van der Waals surface area contributed by atoms with Gasteiger partial charge in [-0.15, -0.1) is 5.10 Å². The third-order valence-electron chi connectivity index (χ3n) is 5.92. The number of benzene rings is 1. The second kappa shape index (κ2) is 9.15. The van der Waals surface area contributed by atoms with Crippen LogP contribution in [-0.2, 0) is 4.79 Å². The number of furan rings is 1. The summed E-state index contributed by atoms with van der Waals surface area (Å²) in [4.78, 5) is 13.2. The topological polar surface area (TPSA) is 98.6 Å². The van der Waals surface area contributed by atoms with Crippen molar-refractivity contribution in [2.75, 3.05) is 12.9 Å². The lowest BCUT2D eigenvalue weighted by molar-refractivity contribution is -0.130. The van der Waals surface area contributed by atoms with Crippen molar-refractivity contribution in [1.82, 2.24) is 25.2 Å². The second-order valence-electron chi connectivity index (χ2n) is 7.88. The summed E-state index contributed by atoms with van der Waals surface area (Å²) in [5.41, 5.74) is 1.79. The van der Waals surface area contributed by atoms with Gasteiger partial charge in [-0.25, -0.2) is 9.69 Å². The molecular formula is C22H24N6O3S. The Morgan fingerprint density at radius 2 is 2.03 bits per heavy atom. The van der Waals surface area contributed by atoms with Gasteiger partial charge in [-0.1, -0.05) is 24.6 Å². The van der Waals surface area contributed by atoms with E-state index in [2.05, 4.69) is 20.6 Å². The van der Waals surface area contributed by atoms with Gasteiger partial charge in [0.1, 0.15) is 17.6 Å². The maximum absolute atomic E-state index is 13.2. The molecule has 3 heterocycles. The maximum atomic E-state index is 13.2. The number of thioether (sulfide) groups is 1. The molecule has 3 aromatic rings. The molecule has 0 N–H and O–H groups in total. The zero-order chi connectivity index (χ0) is 21.9. The van der Waals surface area contributed by atoms with Gasteiger partial charge < -0.3 is 9.15 Å². The molecule has 2 aliphatic rings. The van der Waals surface area contributed by atoms with Crippen LogP contribution in [0, 0.1) is 0 Å². The summed E-state index contributed by atoms with van der Waals surface area (Å²) in [5.74, 6) is 1.58. The number of nitrogens with zero attached hydrogens (tertiary/aromatic N) is 6. The van der Waals surface area contributed by atoms with E-state index in [0.717, 1.165) is 29.9 Å². The first-order valence-corrected chi connectivity index (χ1v) is 11.7. The van der Waals surface area contributed by atoms with E-state index in [1.54, 1.807) is 13.4 Å². The van der Waals surface area contributed by atoms with Crippen LogP contribution in [0.25, 0.3) is 0 Å². The van der Waals surface area contributed by atoms with E-state index < -0.39 is 0 Å². The van der Waals surface area contributed by atoms with Crippen LogP contribution in [0.2, 0.25) is 0 Å². The van der Waals surface area contributed by atoms with Crippen molar-refractivity contribution < 1.29 is 13.9 Å². The number of hydrogen-bond acceptors (Lipinski definition) is 8. The highest BCUT2D eigenvalue weighted by Gasteiger charge is 2.35. The van der Waals surface area contributed by atoms with Crippen LogP contribution in [-0.4, -0.2) is 49.7 Å². The minimum Gasteiger partial charge on any atom is -0.497 e. The van der Waals surface area contributed by atoms with Gasteiger partial charge in [0.15, 0.2) is 0 Å². The predicted octanol–water partition coefficient (Wildman–Crippen LogP) is 3.86. The third kappa shape index (κ3) is 4.14. The summed E-state index contributed by atoms with van der Waals surface area (Å²) in [6.07, 6.45) is 6.73. The highest BCUT2D eigenvalue weighted by Crippen LogP contribution is 2.35. The van der Waals surface area contributed by atoms with Gasteiger partial charge in [-0.05, 0) is 65.2 Å². The van der Waals surface area contributed by atoms with E-state index in [-0.39, 0.29) is 17.7 Å². The minimum atomic E-state index is -0.277. The lowest BCUT2D eigenvalue weighted by Gasteiger charge is -2.19. The Morgan fingerprint density at radius 3 is 2.75 bits per heavy atom. The number of tetrazole rings is 1. The summed E-state index contributed by atoms with van der Waals surface area (Å²) in [7, 11) is 1.64. The number of ether oxygens (including phenoxy) is 1. The van der Waals surface area contributed by atoms with Gasteiger partial charge in [-0.3, -0.25) is 4.79 Å². The van der Waals surface area contributed by atoms with Gasteiger partial charge in [0.05, 0.1) is 30.9 Å². The Balaban J connectivity index is 1.33. The monoisotopic (exact) mass is 452 g/mol. The Hall–Kier alpha value is -3.14. The fraction of sp³-hybridized carbons (Fsp3) is 0.409. The molecule has 1 unspecified atom stereocenters. The Morgan fingerprint density at radius 1 is 1.22 bits per heavy atom. The van der Waals surface area contributed by atoms with Crippen LogP contribution in [0.1, 0.15) is 55.5 Å². The molecule has 1 aromatic carbocycles. The fourth-order valence-corrected chi connectivity index (χ4v) is 5.05. The normalized spacial score (nSPS) is 18.8. The molecule has 10 heteroatoms. The van der Waals surface area contributed by atoms with E-state index in [9.17, 15) is 4.79 Å². The lowest BCUT2D eigenvalue weighted by Crippen LogP contribution is -2.28. The van der Waals surface area contributed by atoms with Crippen molar-refractivity contribution in [2.45, 2.75) is 49.3 Å². The summed E-state index contributed by atoms with van der Waals surface area (Å²) >= 11 is 1.36. The van der Waals surface area contributed by atoms with Crippen molar-refractivity contribution in [3.63, 3.8) is 0 Å². The number of methoxy groups -OCH3 is 1. The first kappa shape index (κ1) is 20.7. The second-order valence-corrected chi connectivity index (χ2v) is 8.82. The van der Waals surface area contributed by atoms with Gasteiger partial charge in [-0.2, -0.15) is 5.10 Å². The summed E-state index contributed by atoms with van der Waals surface area (Å²) in [6, 6.07) is 11.4. The van der Waals surface area contributed by atoms with Crippen LogP contribution < -0.4 is 4.74 Å². The molecule has 1 amide bonds. The van der Waals surface area contributed by atoms with Gasteiger partial charge in [0.25, 0.3) is 5.91 Å². The molecule has 0 spiro atoms. The lowest BCUT2D eigenvalue weighted by atomic mass is 10.0. The summed E-state index contributed by atoms with van der Waals surface area (Å²) in [6.45, 7) is 0. The molecule has 0 bridgehead atoms. The average Bonchev–Trinajstić information content (AvgIpc) is 3.63. The largest absolute Gasteiger partial charge is 0.497 e. The van der Waals surface area contributed by atoms with Crippen LogP contribution >= 0.6 is 11.8 Å². The van der Waals surface area contributed by atoms with Gasteiger partial charge in [0.2, 0.25) is 5.16 Å². The van der Waals surface area contributed by atoms with E-state index in [1.165, 1.54) is 29.6 Å². The third-order valence-corrected chi connectivity index (χ3v) is 6.84. The van der Waals surface area contributed by atoms with Gasteiger partial charge in [0, 0.05) is 6.42 Å². The van der Waals surface area contributed by atoms with Crippen molar-refractivity contribution in [3.8, 4) is 5.75 Å².